The van der Waals surface area contributed by atoms with Gasteiger partial charge in [0.25, 0.3) is 0 Å². The van der Waals surface area contributed by atoms with E-state index in [0.29, 0.717) is 18.0 Å². The fourth-order valence-corrected chi connectivity index (χ4v) is 2.79. The number of ether oxygens (including phenoxy) is 1. The Hall–Kier alpha value is -1.06. The maximum atomic E-state index is 5.69. The lowest BCUT2D eigenvalue weighted by atomic mass is 9.94. The van der Waals surface area contributed by atoms with E-state index < -0.39 is 0 Å². The Morgan fingerprint density at radius 2 is 1.90 bits per heavy atom. The van der Waals surface area contributed by atoms with E-state index >= 15 is 0 Å². The van der Waals surface area contributed by atoms with Crippen molar-refractivity contribution in [2.45, 2.75) is 52.3 Å². The van der Waals surface area contributed by atoms with Crippen molar-refractivity contribution in [3.63, 3.8) is 0 Å². The summed E-state index contributed by atoms with van der Waals surface area (Å²) in [6, 6.07) is 9.47. The summed E-state index contributed by atoms with van der Waals surface area (Å²) in [6.07, 6.45) is 1.44. The number of rotatable bonds is 5. The second-order valence-electron chi connectivity index (χ2n) is 6.20. The number of benzene rings is 1. The van der Waals surface area contributed by atoms with E-state index in [1.165, 1.54) is 12.0 Å². The molecule has 3 heteroatoms. The minimum Gasteiger partial charge on any atom is -0.491 e. The normalized spacial score (nSPS) is 24.6. The first-order valence-corrected chi connectivity index (χ1v) is 7.79. The van der Waals surface area contributed by atoms with E-state index in [9.17, 15) is 0 Å². The van der Waals surface area contributed by atoms with Gasteiger partial charge < -0.3 is 15.4 Å². The molecular formula is C17H28N2O. The van der Waals surface area contributed by atoms with Crippen LogP contribution in [0.2, 0.25) is 0 Å². The molecule has 0 bridgehead atoms. The van der Waals surface area contributed by atoms with Crippen molar-refractivity contribution < 1.29 is 4.74 Å². The summed E-state index contributed by atoms with van der Waals surface area (Å²) in [7, 11) is 0. The molecule has 0 radical (unpaired) electrons. The standard InChI is InChI=1S/C17H28N2O/c1-12(2)20-16-7-5-15(6-8-16)14(4)19-17-9-10-18-11-13(17)3/h5-8,12-14,17-19H,9-11H2,1-4H3. The maximum Gasteiger partial charge on any atom is 0.119 e. The molecule has 20 heavy (non-hydrogen) atoms. The molecule has 3 nitrogen and oxygen atoms in total. The van der Waals surface area contributed by atoms with Gasteiger partial charge in [0, 0.05) is 12.1 Å². The van der Waals surface area contributed by atoms with E-state index in [4.69, 9.17) is 4.74 Å². The quantitative estimate of drug-likeness (QED) is 0.867. The van der Waals surface area contributed by atoms with Crippen molar-refractivity contribution in [1.82, 2.24) is 10.6 Å². The summed E-state index contributed by atoms with van der Waals surface area (Å²) in [4.78, 5) is 0. The zero-order chi connectivity index (χ0) is 14.5. The highest BCUT2D eigenvalue weighted by Gasteiger charge is 2.22. The van der Waals surface area contributed by atoms with Crippen LogP contribution in [0, 0.1) is 5.92 Å². The summed E-state index contributed by atoms with van der Waals surface area (Å²) >= 11 is 0. The minimum atomic E-state index is 0.229. The molecule has 0 spiro atoms. The zero-order valence-corrected chi connectivity index (χ0v) is 13.1. The van der Waals surface area contributed by atoms with Crippen LogP contribution in [-0.4, -0.2) is 25.2 Å². The molecule has 0 aliphatic carbocycles. The van der Waals surface area contributed by atoms with Crippen molar-refractivity contribution in [2.24, 2.45) is 5.92 Å². The molecule has 1 aromatic rings. The Balaban J connectivity index is 1.93. The van der Waals surface area contributed by atoms with Crippen LogP contribution in [0.5, 0.6) is 5.75 Å². The summed E-state index contributed by atoms with van der Waals surface area (Å²) in [6.45, 7) is 10.9. The van der Waals surface area contributed by atoms with E-state index in [1.807, 2.05) is 0 Å². The molecule has 1 saturated heterocycles. The Morgan fingerprint density at radius 3 is 2.50 bits per heavy atom. The van der Waals surface area contributed by atoms with E-state index in [2.05, 4.69) is 62.6 Å². The summed E-state index contributed by atoms with van der Waals surface area (Å²) < 4.78 is 5.69. The molecule has 1 aliphatic rings. The average molecular weight is 276 g/mol. The molecule has 1 aliphatic heterocycles. The van der Waals surface area contributed by atoms with Gasteiger partial charge in [-0.05, 0) is 63.9 Å². The van der Waals surface area contributed by atoms with Crippen LogP contribution < -0.4 is 15.4 Å². The van der Waals surface area contributed by atoms with Gasteiger partial charge in [-0.1, -0.05) is 19.1 Å². The van der Waals surface area contributed by atoms with Crippen molar-refractivity contribution in [3.8, 4) is 5.75 Å². The first-order valence-electron chi connectivity index (χ1n) is 7.79. The predicted octanol–water partition coefficient (Wildman–Crippen LogP) is 3.12. The second kappa shape index (κ2) is 7.09. The van der Waals surface area contributed by atoms with Gasteiger partial charge in [0.15, 0.2) is 0 Å². The Morgan fingerprint density at radius 1 is 1.20 bits per heavy atom. The van der Waals surface area contributed by atoms with Crippen LogP contribution in [0.3, 0.4) is 0 Å². The van der Waals surface area contributed by atoms with Crippen LogP contribution in [0.1, 0.15) is 45.7 Å². The monoisotopic (exact) mass is 276 g/mol. The molecule has 1 fully saturated rings. The van der Waals surface area contributed by atoms with Gasteiger partial charge in [0.1, 0.15) is 5.75 Å². The van der Waals surface area contributed by atoms with Gasteiger partial charge >= 0.3 is 0 Å². The molecule has 112 valence electrons. The smallest absolute Gasteiger partial charge is 0.119 e. The highest BCUT2D eigenvalue weighted by atomic mass is 16.5. The lowest BCUT2D eigenvalue weighted by molar-refractivity contribution is 0.242. The van der Waals surface area contributed by atoms with Crippen molar-refractivity contribution in [2.75, 3.05) is 13.1 Å². The van der Waals surface area contributed by atoms with Crippen molar-refractivity contribution in [3.05, 3.63) is 29.8 Å². The van der Waals surface area contributed by atoms with Crippen LogP contribution in [-0.2, 0) is 0 Å². The molecule has 0 aromatic heterocycles. The third kappa shape index (κ3) is 4.22. The fourth-order valence-electron chi connectivity index (χ4n) is 2.79. The van der Waals surface area contributed by atoms with Gasteiger partial charge in [0.2, 0.25) is 0 Å². The highest BCUT2D eigenvalue weighted by Crippen LogP contribution is 2.21. The van der Waals surface area contributed by atoms with E-state index in [-0.39, 0.29) is 6.10 Å². The Kier molecular flexibility index (Phi) is 5.44. The third-order valence-electron chi connectivity index (χ3n) is 4.00. The molecule has 0 saturated carbocycles. The third-order valence-corrected chi connectivity index (χ3v) is 4.00. The average Bonchev–Trinajstić information content (AvgIpc) is 2.41. The lowest BCUT2D eigenvalue weighted by Crippen LogP contribution is -2.47. The molecule has 1 heterocycles. The SMILES string of the molecule is CC(C)Oc1ccc(C(C)NC2CCNCC2C)cc1. The minimum absolute atomic E-state index is 0.229. The van der Waals surface area contributed by atoms with E-state index in [1.54, 1.807) is 0 Å². The van der Waals surface area contributed by atoms with Gasteiger partial charge in [0.05, 0.1) is 6.10 Å². The molecule has 2 N–H and O–H groups in total. The number of hydrogen-bond acceptors (Lipinski definition) is 3. The summed E-state index contributed by atoms with van der Waals surface area (Å²) in [5.41, 5.74) is 1.33. The molecule has 0 amide bonds. The summed E-state index contributed by atoms with van der Waals surface area (Å²) in [5, 5.41) is 7.21. The van der Waals surface area contributed by atoms with Crippen LogP contribution in [0.15, 0.2) is 24.3 Å². The van der Waals surface area contributed by atoms with Crippen molar-refractivity contribution in [1.29, 1.82) is 0 Å². The summed E-state index contributed by atoms with van der Waals surface area (Å²) in [5.74, 6) is 1.64. The van der Waals surface area contributed by atoms with E-state index in [0.717, 1.165) is 18.8 Å². The first-order chi connectivity index (χ1) is 9.56. The molecule has 3 atom stereocenters. The van der Waals surface area contributed by atoms with Crippen LogP contribution in [0.4, 0.5) is 0 Å². The molecule has 3 unspecified atom stereocenters. The van der Waals surface area contributed by atoms with Gasteiger partial charge in [-0.3, -0.25) is 0 Å². The number of hydrogen-bond donors (Lipinski definition) is 2. The first kappa shape index (κ1) is 15.3. The topological polar surface area (TPSA) is 33.3 Å². The second-order valence-corrected chi connectivity index (χ2v) is 6.20. The lowest BCUT2D eigenvalue weighted by Gasteiger charge is -2.33. The molecule has 1 aromatic carbocycles. The Labute approximate surface area is 123 Å². The van der Waals surface area contributed by atoms with Crippen LogP contribution in [0.25, 0.3) is 0 Å². The maximum absolute atomic E-state index is 5.69. The van der Waals surface area contributed by atoms with Crippen LogP contribution >= 0.6 is 0 Å². The predicted molar refractivity (Wildman–Crippen MR) is 84.2 cm³/mol. The number of nitrogens with one attached hydrogen (secondary N) is 2. The van der Waals surface area contributed by atoms with Gasteiger partial charge in [-0.2, -0.15) is 0 Å². The molecule has 2 rings (SSSR count). The van der Waals surface area contributed by atoms with Gasteiger partial charge in [-0.25, -0.2) is 0 Å². The number of piperidine rings is 1. The fraction of sp³-hybridized carbons (Fsp3) is 0.647. The molecular weight excluding hydrogens is 248 g/mol. The highest BCUT2D eigenvalue weighted by molar-refractivity contribution is 5.29. The largest absolute Gasteiger partial charge is 0.491 e. The van der Waals surface area contributed by atoms with Crippen molar-refractivity contribution >= 4 is 0 Å². The zero-order valence-electron chi connectivity index (χ0n) is 13.1. The van der Waals surface area contributed by atoms with Gasteiger partial charge in [-0.15, -0.1) is 0 Å². The Bertz CT molecular complexity index is 402.